The number of amides is 2. The standard InChI is InChI=1S/C31H31N3O7/c1-19(2)29(34-27(36)18-40-26-13-7-10-20-8-3-5-11-22(20)26)30(39)33-24(16-28(37)38)25(35)17-41-31-23-12-6-4-9-21(23)14-15-32-31/h3-15,19,24,29H,16-18H2,1-2H3,(H,33,39)(H,34,36)(H,37,38)/t24-,29-/m0/s1. The van der Waals surface area contributed by atoms with Crippen molar-refractivity contribution < 1.29 is 33.8 Å². The summed E-state index contributed by atoms with van der Waals surface area (Å²) in [5, 5.41) is 17.8. The average Bonchev–Trinajstić information content (AvgIpc) is 2.96. The molecule has 0 spiro atoms. The van der Waals surface area contributed by atoms with Gasteiger partial charge in [0.05, 0.1) is 6.42 Å². The molecule has 212 valence electrons. The van der Waals surface area contributed by atoms with E-state index in [1.165, 1.54) is 0 Å². The highest BCUT2D eigenvalue weighted by atomic mass is 16.5. The lowest BCUT2D eigenvalue weighted by molar-refractivity contribution is -0.141. The van der Waals surface area contributed by atoms with Crippen molar-refractivity contribution in [3.8, 4) is 11.6 Å². The van der Waals surface area contributed by atoms with Crippen LogP contribution in [0.15, 0.2) is 79.0 Å². The Labute approximate surface area is 236 Å². The first-order valence-electron chi connectivity index (χ1n) is 13.1. The Morgan fingerprint density at radius 2 is 1.46 bits per heavy atom. The van der Waals surface area contributed by atoms with Crippen molar-refractivity contribution in [3.05, 3.63) is 79.0 Å². The van der Waals surface area contributed by atoms with Crippen molar-refractivity contribution in [1.82, 2.24) is 15.6 Å². The summed E-state index contributed by atoms with van der Waals surface area (Å²) >= 11 is 0. The number of benzene rings is 3. The fraction of sp³-hybridized carbons (Fsp3) is 0.258. The van der Waals surface area contributed by atoms with Crippen LogP contribution in [-0.2, 0) is 19.2 Å². The van der Waals surface area contributed by atoms with E-state index < -0.39 is 48.7 Å². The van der Waals surface area contributed by atoms with Gasteiger partial charge >= 0.3 is 5.97 Å². The van der Waals surface area contributed by atoms with Crippen LogP contribution in [0.4, 0.5) is 0 Å². The number of nitrogens with zero attached hydrogens (tertiary/aromatic N) is 1. The van der Waals surface area contributed by atoms with Crippen LogP contribution in [0, 0.1) is 5.92 Å². The number of hydrogen-bond donors (Lipinski definition) is 3. The zero-order chi connectivity index (χ0) is 29.4. The number of aromatic nitrogens is 1. The fourth-order valence-corrected chi connectivity index (χ4v) is 4.34. The Hall–Kier alpha value is -4.99. The van der Waals surface area contributed by atoms with Crippen LogP contribution in [0.1, 0.15) is 20.3 Å². The molecule has 3 N–H and O–H groups in total. The number of nitrogens with one attached hydrogen (secondary N) is 2. The minimum Gasteiger partial charge on any atom is -0.483 e. The molecule has 0 fully saturated rings. The van der Waals surface area contributed by atoms with E-state index in [4.69, 9.17) is 9.47 Å². The molecule has 3 aromatic carbocycles. The number of ketones is 1. The zero-order valence-corrected chi connectivity index (χ0v) is 22.7. The molecular formula is C31H31N3O7. The molecule has 41 heavy (non-hydrogen) atoms. The summed E-state index contributed by atoms with van der Waals surface area (Å²) in [6, 6.07) is 19.8. The van der Waals surface area contributed by atoms with Crippen molar-refractivity contribution in [2.75, 3.05) is 13.2 Å². The Kier molecular flexibility index (Phi) is 9.47. The summed E-state index contributed by atoms with van der Waals surface area (Å²) in [6.07, 6.45) is 0.887. The van der Waals surface area contributed by atoms with Crippen LogP contribution in [0.2, 0.25) is 0 Å². The number of carboxylic acid groups (broad SMARTS) is 1. The van der Waals surface area contributed by atoms with Crippen molar-refractivity contribution in [1.29, 1.82) is 0 Å². The SMILES string of the molecule is CC(C)[C@H](NC(=O)COc1cccc2ccccc12)C(=O)N[C@@H](CC(=O)O)C(=O)COc1nccc2ccccc12. The third kappa shape index (κ3) is 7.57. The molecule has 1 heterocycles. The summed E-state index contributed by atoms with van der Waals surface area (Å²) in [4.78, 5) is 54.5. The van der Waals surface area contributed by atoms with Gasteiger partial charge in [0.25, 0.3) is 5.91 Å². The lowest BCUT2D eigenvalue weighted by atomic mass is 10.0. The van der Waals surface area contributed by atoms with Gasteiger partial charge < -0.3 is 25.2 Å². The Bertz CT molecular complexity index is 1560. The van der Waals surface area contributed by atoms with Gasteiger partial charge in [0.2, 0.25) is 11.8 Å². The number of pyridine rings is 1. The molecule has 2 atom stereocenters. The number of ether oxygens (including phenoxy) is 2. The van der Waals surface area contributed by atoms with E-state index in [1.54, 1.807) is 44.3 Å². The second-order valence-electron chi connectivity index (χ2n) is 9.81. The van der Waals surface area contributed by atoms with E-state index in [9.17, 15) is 24.3 Å². The monoisotopic (exact) mass is 557 g/mol. The van der Waals surface area contributed by atoms with Crippen molar-refractivity contribution in [2.45, 2.75) is 32.4 Å². The fourth-order valence-electron chi connectivity index (χ4n) is 4.34. The maximum atomic E-state index is 13.1. The summed E-state index contributed by atoms with van der Waals surface area (Å²) in [7, 11) is 0. The van der Waals surface area contributed by atoms with Gasteiger partial charge in [-0.25, -0.2) is 4.98 Å². The quantitative estimate of drug-likeness (QED) is 0.227. The number of carbonyl (C=O) groups is 4. The molecular weight excluding hydrogens is 526 g/mol. The maximum Gasteiger partial charge on any atom is 0.305 e. The van der Waals surface area contributed by atoms with E-state index in [2.05, 4.69) is 15.6 Å². The summed E-state index contributed by atoms with van der Waals surface area (Å²) in [5.41, 5.74) is 0. The first-order valence-corrected chi connectivity index (χ1v) is 13.1. The minimum atomic E-state index is -1.37. The molecule has 4 rings (SSSR count). The molecule has 0 aliphatic rings. The van der Waals surface area contributed by atoms with Crippen molar-refractivity contribution in [2.24, 2.45) is 5.92 Å². The number of fused-ring (bicyclic) bond motifs is 2. The average molecular weight is 558 g/mol. The van der Waals surface area contributed by atoms with Crippen LogP contribution in [0.5, 0.6) is 11.6 Å². The smallest absolute Gasteiger partial charge is 0.305 e. The normalized spacial score (nSPS) is 12.5. The molecule has 0 bridgehead atoms. The number of carbonyl (C=O) groups excluding carboxylic acids is 3. The molecule has 10 nitrogen and oxygen atoms in total. The molecule has 0 aliphatic heterocycles. The van der Waals surface area contributed by atoms with Crippen molar-refractivity contribution in [3.63, 3.8) is 0 Å². The van der Waals surface area contributed by atoms with E-state index in [0.29, 0.717) is 11.1 Å². The molecule has 0 radical (unpaired) electrons. The van der Waals surface area contributed by atoms with Gasteiger partial charge in [-0.3, -0.25) is 19.2 Å². The van der Waals surface area contributed by atoms with E-state index in [0.717, 1.165) is 16.2 Å². The first-order chi connectivity index (χ1) is 19.7. The molecule has 2 amide bonds. The van der Waals surface area contributed by atoms with Crippen LogP contribution >= 0.6 is 0 Å². The molecule has 0 aliphatic carbocycles. The molecule has 0 saturated carbocycles. The summed E-state index contributed by atoms with van der Waals surface area (Å²) < 4.78 is 11.3. The number of aliphatic carboxylic acids is 1. The highest BCUT2D eigenvalue weighted by Gasteiger charge is 2.30. The number of carboxylic acids is 1. The molecule has 0 unspecified atom stereocenters. The largest absolute Gasteiger partial charge is 0.483 e. The molecule has 1 aromatic heterocycles. The Balaban J connectivity index is 1.38. The lowest BCUT2D eigenvalue weighted by Gasteiger charge is -2.24. The first kappa shape index (κ1) is 29.0. The Morgan fingerprint density at radius 3 is 2.17 bits per heavy atom. The highest BCUT2D eigenvalue weighted by molar-refractivity contribution is 5.96. The van der Waals surface area contributed by atoms with Crippen molar-refractivity contribution >= 4 is 45.1 Å². The second kappa shape index (κ2) is 13.4. The van der Waals surface area contributed by atoms with Crippen LogP contribution < -0.4 is 20.1 Å². The highest BCUT2D eigenvalue weighted by Crippen LogP contribution is 2.25. The zero-order valence-electron chi connectivity index (χ0n) is 22.7. The summed E-state index contributed by atoms with van der Waals surface area (Å²) in [6.45, 7) is 2.60. The lowest BCUT2D eigenvalue weighted by Crippen LogP contribution is -2.55. The van der Waals surface area contributed by atoms with Crippen LogP contribution in [0.3, 0.4) is 0 Å². The third-order valence-corrected chi connectivity index (χ3v) is 6.45. The molecule has 0 saturated heterocycles. The van der Waals surface area contributed by atoms with Gasteiger partial charge in [0.1, 0.15) is 17.8 Å². The third-order valence-electron chi connectivity index (χ3n) is 6.45. The van der Waals surface area contributed by atoms with Gasteiger partial charge in [0, 0.05) is 17.0 Å². The minimum absolute atomic E-state index is 0.218. The van der Waals surface area contributed by atoms with Gasteiger partial charge in [-0.1, -0.05) is 68.4 Å². The number of hydrogen-bond acceptors (Lipinski definition) is 7. The number of Topliss-reactive ketones (excluding diaryl/α,β-unsaturated/α-hetero) is 1. The number of rotatable bonds is 13. The predicted octanol–water partition coefficient (Wildman–Crippen LogP) is 3.52. The van der Waals surface area contributed by atoms with Gasteiger partial charge in [-0.05, 0) is 34.9 Å². The van der Waals surface area contributed by atoms with Gasteiger partial charge in [-0.2, -0.15) is 0 Å². The topological polar surface area (TPSA) is 144 Å². The van der Waals surface area contributed by atoms with E-state index in [-0.39, 0.29) is 18.4 Å². The van der Waals surface area contributed by atoms with Gasteiger partial charge in [-0.15, -0.1) is 0 Å². The predicted molar refractivity (Wildman–Crippen MR) is 153 cm³/mol. The second-order valence-corrected chi connectivity index (χ2v) is 9.81. The van der Waals surface area contributed by atoms with E-state index >= 15 is 0 Å². The Morgan fingerprint density at radius 1 is 0.805 bits per heavy atom. The van der Waals surface area contributed by atoms with Crippen LogP contribution in [-0.4, -0.2) is 59.0 Å². The maximum absolute atomic E-state index is 13.1. The molecule has 4 aromatic rings. The summed E-state index contributed by atoms with van der Waals surface area (Å²) in [5.74, 6) is -2.79. The van der Waals surface area contributed by atoms with Crippen LogP contribution in [0.25, 0.3) is 21.5 Å². The molecule has 10 heteroatoms. The van der Waals surface area contributed by atoms with Gasteiger partial charge in [0.15, 0.2) is 19.0 Å². The van der Waals surface area contributed by atoms with E-state index in [1.807, 2.05) is 48.5 Å².